The minimum Gasteiger partial charge on any atom is -0.497 e. The van der Waals surface area contributed by atoms with Crippen LogP contribution in [0, 0.1) is 10.1 Å². The van der Waals surface area contributed by atoms with E-state index in [0.717, 1.165) is 10.1 Å². The maximum Gasteiger partial charge on any atom is 0.357 e. The fraction of sp³-hybridized carbons (Fsp3) is 0.200. The summed E-state index contributed by atoms with van der Waals surface area (Å²) in [6, 6.07) is 6.97. The number of hydrogen-bond acceptors (Lipinski definition) is 5. The zero-order valence-electron chi connectivity index (χ0n) is 12.8. The van der Waals surface area contributed by atoms with Gasteiger partial charge in [-0.1, -0.05) is 18.2 Å². The first-order chi connectivity index (χ1) is 10.9. The van der Waals surface area contributed by atoms with Crippen LogP contribution < -0.4 is 16.0 Å². The van der Waals surface area contributed by atoms with Crippen molar-refractivity contribution in [3.63, 3.8) is 0 Å². The molecule has 1 heterocycles. The highest BCUT2D eigenvalue weighted by molar-refractivity contribution is 5.72. The first-order valence-electron chi connectivity index (χ1n) is 6.63. The predicted octanol–water partition coefficient (Wildman–Crippen LogP) is 1.17. The van der Waals surface area contributed by atoms with Gasteiger partial charge in [-0.15, -0.1) is 0 Å². The Morgan fingerprint density at radius 1 is 1.09 bits per heavy atom. The molecule has 23 heavy (non-hydrogen) atoms. The topological polar surface area (TPSA) is 96.4 Å². The van der Waals surface area contributed by atoms with Crippen molar-refractivity contribution in [2.24, 2.45) is 14.1 Å². The summed E-state index contributed by atoms with van der Waals surface area (Å²) < 4.78 is 6.82. The summed E-state index contributed by atoms with van der Waals surface area (Å²) in [5, 5.41) is 11.2. The second-order valence-corrected chi connectivity index (χ2v) is 4.80. The van der Waals surface area contributed by atoms with Gasteiger partial charge in [0.1, 0.15) is 11.4 Å². The first kappa shape index (κ1) is 16.2. The third kappa shape index (κ3) is 3.05. The van der Waals surface area contributed by atoms with Crippen LogP contribution in [-0.4, -0.2) is 21.2 Å². The van der Waals surface area contributed by atoms with Gasteiger partial charge in [0.15, 0.2) is 0 Å². The molecule has 0 aliphatic rings. The van der Waals surface area contributed by atoms with Crippen LogP contribution in [0.5, 0.6) is 5.75 Å². The minimum atomic E-state index is -0.938. The van der Waals surface area contributed by atoms with E-state index in [2.05, 4.69) is 0 Å². The van der Waals surface area contributed by atoms with E-state index >= 15 is 0 Å². The number of methoxy groups -OCH3 is 1. The second-order valence-electron chi connectivity index (χ2n) is 4.80. The molecule has 0 N–H and O–H groups in total. The van der Waals surface area contributed by atoms with Gasteiger partial charge < -0.3 is 4.74 Å². The van der Waals surface area contributed by atoms with Crippen LogP contribution in [0.4, 0.5) is 5.69 Å². The van der Waals surface area contributed by atoms with Crippen LogP contribution in [0.1, 0.15) is 11.3 Å². The second kappa shape index (κ2) is 6.30. The number of ether oxygens (including phenoxy) is 1. The predicted molar refractivity (Wildman–Crippen MR) is 85.5 cm³/mol. The average molecular weight is 317 g/mol. The van der Waals surface area contributed by atoms with Crippen molar-refractivity contribution in [3.05, 3.63) is 66.5 Å². The molecule has 0 aliphatic carbocycles. The van der Waals surface area contributed by atoms with E-state index in [1.807, 2.05) is 0 Å². The molecule has 0 unspecified atom stereocenters. The van der Waals surface area contributed by atoms with Crippen molar-refractivity contribution in [3.8, 4) is 5.75 Å². The number of benzene rings is 1. The summed E-state index contributed by atoms with van der Waals surface area (Å²) in [7, 11) is 4.13. The van der Waals surface area contributed by atoms with Gasteiger partial charge in [-0.3, -0.25) is 24.0 Å². The van der Waals surface area contributed by atoms with Gasteiger partial charge in [0.2, 0.25) is 0 Å². The molecule has 1 aromatic carbocycles. The van der Waals surface area contributed by atoms with Crippen molar-refractivity contribution < 1.29 is 9.66 Å². The smallest absolute Gasteiger partial charge is 0.357 e. The Hall–Kier alpha value is -3.16. The third-order valence-electron chi connectivity index (χ3n) is 3.42. The summed E-state index contributed by atoms with van der Waals surface area (Å²) >= 11 is 0. The van der Waals surface area contributed by atoms with E-state index in [9.17, 15) is 19.7 Å². The van der Waals surface area contributed by atoms with E-state index in [-0.39, 0.29) is 5.69 Å². The lowest BCUT2D eigenvalue weighted by molar-refractivity contribution is -0.387. The maximum atomic E-state index is 12.0. The molecular weight excluding hydrogens is 302 g/mol. The van der Waals surface area contributed by atoms with Gasteiger partial charge in [0, 0.05) is 14.1 Å². The van der Waals surface area contributed by atoms with Crippen LogP contribution in [0.15, 0.2) is 33.9 Å². The van der Waals surface area contributed by atoms with Gasteiger partial charge >= 0.3 is 16.9 Å². The highest BCUT2D eigenvalue weighted by atomic mass is 16.6. The van der Waals surface area contributed by atoms with Gasteiger partial charge in [0.05, 0.1) is 12.0 Å². The zero-order valence-corrected chi connectivity index (χ0v) is 12.8. The Labute approximate surface area is 131 Å². The Kier molecular flexibility index (Phi) is 4.44. The molecular formula is C15H15N3O5. The monoisotopic (exact) mass is 317 g/mol. The Balaban J connectivity index is 2.58. The van der Waals surface area contributed by atoms with Crippen molar-refractivity contribution in [1.82, 2.24) is 9.13 Å². The molecule has 0 spiro atoms. The van der Waals surface area contributed by atoms with Crippen LogP contribution in [0.25, 0.3) is 12.2 Å². The molecule has 0 radical (unpaired) electrons. The third-order valence-corrected chi connectivity index (χ3v) is 3.42. The van der Waals surface area contributed by atoms with E-state index < -0.39 is 21.9 Å². The van der Waals surface area contributed by atoms with Crippen molar-refractivity contribution in [2.75, 3.05) is 7.11 Å². The number of nitrogens with zero attached hydrogens (tertiary/aromatic N) is 3. The molecule has 0 atom stereocenters. The summed E-state index contributed by atoms with van der Waals surface area (Å²) in [4.78, 5) is 34.3. The van der Waals surface area contributed by atoms with Crippen LogP contribution in [0.3, 0.4) is 0 Å². The molecule has 0 amide bonds. The highest BCUT2D eigenvalue weighted by Crippen LogP contribution is 2.17. The maximum absolute atomic E-state index is 12.0. The standard InChI is InChI=1S/C15H15N3O5/c1-16-12(9-6-10-4-7-11(23-3)8-5-10)13(18(21)22)14(19)17(2)15(16)20/h4-9H,1-3H3. The number of nitro groups is 1. The first-order valence-corrected chi connectivity index (χ1v) is 6.63. The van der Waals surface area contributed by atoms with Crippen molar-refractivity contribution in [2.45, 2.75) is 0 Å². The highest BCUT2D eigenvalue weighted by Gasteiger charge is 2.23. The SMILES string of the molecule is COc1ccc(C=Cc2c([N+](=O)[O-])c(=O)n(C)c(=O)n2C)cc1. The summed E-state index contributed by atoms with van der Waals surface area (Å²) in [6.07, 6.45) is 2.96. The largest absolute Gasteiger partial charge is 0.497 e. The van der Waals surface area contributed by atoms with Crippen molar-refractivity contribution in [1.29, 1.82) is 0 Å². The molecule has 8 nitrogen and oxygen atoms in total. The van der Waals surface area contributed by atoms with Crippen LogP contribution in [-0.2, 0) is 14.1 Å². The van der Waals surface area contributed by atoms with Gasteiger partial charge in [-0.05, 0) is 23.8 Å². The molecule has 1 aromatic heterocycles. The zero-order chi connectivity index (χ0) is 17.1. The lowest BCUT2D eigenvalue weighted by Crippen LogP contribution is -2.39. The molecule has 0 fully saturated rings. The van der Waals surface area contributed by atoms with Gasteiger partial charge in [-0.2, -0.15) is 0 Å². The van der Waals surface area contributed by atoms with E-state index in [4.69, 9.17) is 4.74 Å². The Morgan fingerprint density at radius 2 is 1.70 bits per heavy atom. The van der Waals surface area contributed by atoms with Crippen LogP contribution in [0.2, 0.25) is 0 Å². The molecule has 8 heteroatoms. The molecule has 0 bridgehead atoms. The molecule has 2 rings (SSSR count). The minimum absolute atomic E-state index is 0.0566. The molecule has 0 aliphatic heterocycles. The normalized spacial score (nSPS) is 10.9. The number of hydrogen-bond donors (Lipinski definition) is 0. The van der Waals surface area contributed by atoms with E-state index in [1.54, 1.807) is 37.5 Å². The lowest BCUT2D eigenvalue weighted by Gasteiger charge is -2.07. The average Bonchev–Trinajstić information content (AvgIpc) is 2.55. The van der Waals surface area contributed by atoms with Crippen molar-refractivity contribution >= 4 is 17.8 Å². The molecule has 0 saturated carbocycles. The Morgan fingerprint density at radius 3 is 2.22 bits per heavy atom. The summed E-state index contributed by atoms with van der Waals surface area (Å²) in [6.45, 7) is 0. The molecule has 0 saturated heterocycles. The van der Waals surface area contributed by atoms with Gasteiger partial charge in [-0.25, -0.2) is 4.79 Å². The van der Waals surface area contributed by atoms with Gasteiger partial charge in [0.25, 0.3) is 0 Å². The fourth-order valence-electron chi connectivity index (χ4n) is 2.09. The molecule has 2 aromatic rings. The lowest BCUT2D eigenvalue weighted by atomic mass is 10.2. The number of rotatable bonds is 4. The molecule has 120 valence electrons. The Bertz CT molecular complexity index is 891. The fourth-order valence-corrected chi connectivity index (χ4v) is 2.09. The quantitative estimate of drug-likeness (QED) is 0.623. The van der Waals surface area contributed by atoms with E-state index in [0.29, 0.717) is 10.3 Å². The number of aromatic nitrogens is 2. The summed E-state index contributed by atoms with van der Waals surface area (Å²) in [5.41, 5.74) is -1.52. The van der Waals surface area contributed by atoms with Crippen LogP contribution >= 0.6 is 0 Å². The van der Waals surface area contributed by atoms with E-state index in [1.165, 1.54) is 20.2 Å². The summed E-state index contributed by atoms with van der Waals surface area (Å²) in [5.74, 6) is 0.675.